The van der Waals surface area contributed by atoms with Crippen LogP contribution in [0.4, 0.5) is 0 Å². The Morgan fingerprint density at radius 1 is 0.966 bits per heavy atom. The molecule has 3 aromatic carbocycles. The van der Waals surface area contributed by atoms with E-state index in [9.17, 15) is 0 Å². The van der Waals surface area contributed by atoms with Crippen LogP contribution in [-0.4, -0.2) is 10.7 Å². The lowest BCUT2D eigenvalue weighted by atomic mass is 9.96. The van der Waals surface area contributed by atoms with Gasteiger partial charge in [-0.3, -0.25) is 0 Å². The summed E-state index contributed by atoms with van der Waals surface area (Å²) in [6.45, 7) is 0. The summed E-state index contributed by atoms with van der Waals surface area (Å²) in [5.74, 6) is 0.648. The Kier molecular flexibility index (Phi) is 4.99. The number of hydrazone groups is 1. The van der Waals surface area contributed by atoms with Gasteiger partial charge in [-0.25, -0.2) is 5.01 Å². The molecule has 3 aromatic rings. The second kappa shape index (κ2) is 7.51. The fraction of sp³-hybridized carbons (Fsp3) is 0.136. The Balaban J connectivity index is 1.63. The Bertz CT molecular complexity index is 1130. The highest BCUT2D eigenvalue weighted by atomic mass is 79.9. The van der Waals surface area contributed by atoms with E-state index in [0.29, 0.717) is 20.8 Å². The van der Waals surface area contributed by atoms with E-state index in [1.807, 2.05) is 47.5 Å². The SMILES string of the molecule is Clc1cccc([C@@H]2Oc3c(Cl)cc(Cl)cc3[C@@H]3CC(c4ccc(Br)cc4)=NN32)c1. The first kappa shape index (κ1) is 19.3. The first-order valence-electron chi connectivity index (χ1n) is 9.02. The van der Waals surface area contributed by atoms with E-state index in [2.05, 4.69) is 28.1 Å². The van der Waals surface area contributed by atoms with Crippen molar-refractivity contribution >= 4 is 56.4 Å². The van der Waals surface area contributed by atoms with Gasteiger partial charge in [0.25, 0.3) is 0 Å². The van der Waals surface area contributed by atoms with Crippen molar-refractivity contribution in [1.82, 2.24) is 5.01 Å². The molecule has 0 saturated carbocycles. The molecule has 2 heterocycles. The zero-order chi connectivity index (χ0) is 20.1. The topological polar surface area (TPSA) is 24.8 Å². The summed E-state index contributed by atoms with van der Waals surface area (Å²) in [7, 11) is 0. The fourth-order valence-corrected chi connectivity index (χ4v) is 4.83. The minimum Gasteiger partial charge on any atom is -0.463 e. The van der Waals surface area contributed by atoms with Crippen molar-refractivity contribution in [2.75, 3.05) is 0 Å². The average molecular weight is 509 g/mol. The molecule has 2 atom stereocenters. The van der Waals surface area contributed by atoms with Gasteiger partial charge in [0.1, 0.15) is 5.75 Å². The number of benzene rings is 3. The third kappa shape index (κ3) is 3.53. The van der Waals surface area contributed by atoms with Crippen LogP contribution in [0.15, 0.2) is 70.2 Å². The second-order valence-electron chi connectivity index (χ2n) is 6.98. The average Bonchev–Trinajstić information content (AvgIpc) is 3.14. The number of halogens is 4. The highest BCUT2D eigenvalue weighted by Gasteiger charge is 2.42. The molecule has 0 saturated heterocycles. The molecule has 5 rings (SSSR count). The Labute approximate surface area is 192 Å². The van der Waals surface area contributed by atoms with E-state index >= 15 is 0 Å². The molecule has 0 spiro atoms. The van der Waals surface area contributed by atoms with E-state index in [-0.39, 0.29) is 6.04 Å². The third-order valence-electron chi connectivity index (χ3n) is 5.12. The zero-order valence-electron chi connectivity index (χ0n) is 14.9. The molecule has 2 aliphatic rings. The molecule has 146 valence electrons. The smallest absolute Gasteiger partial charge is 0.214 e. The van der Waals surface area contributed by atoms with Gasteiger partial charge in [0.2, 0.25) is 6.23 Å². The Morgan fingerprint density at radius 3 is 2.52 bits per heavy atom. The maximum absolute atomic E-state index is 6.50. The van der Waals surface area contributed by atoms with Gasteiger partial charge in [0.05, 0.1) is 16.8 Å². The predicted octanol–water partition coefficient (Wildman–Crippen LogP) is 7.65. The van der Waals surface area contributed by atoms with Crippen molar-refractivity contribution in [3.8, 4) is 5.75 Å². The van der Waals surface area contributed by atoms with Crippen LogP contribution in [0, 0.1) is 0 Å². The van der Waals surface area contributed by atoms with Crippen molar-refractivity contribution in [2.45, 2.75) is 18.7 Å². The van der Waals surface area contributed by atoms with E-state index in [1.54, 1.807) is 6.07 Å². The Morgan fingerprint density at radius 2 is 1.76 bits per heavy atom. The standard InChI is InChI=1S/C22H14BrCl3N2O/c23-14-6-4-12(5-7-14)19-11-20-17-9-16(25)10-18(26)21(17)29-22(28(20)27-19)13-2-1-3-15(24)8-13/h1-10,20,22H,11H2/t20-,22-/m0/s1. The maximum Gasteiger partial charge on any atom is 0.214 e. The number of rotatable bonds is 2. The van der Waals surface area contributed by atoms with Gasteiger partial charge in [-0.1, -0.05) is 75.0 Å². The molecule has 0 aromatic heterocycles. The molecule has 0 unspecified atom stereocenters. The number of ether oxygens (including phenoxy) is 1. The van der Waals surface area contributed by atoms with E-state index in [0.717, 1.165) is 33.3 Å². The molecular formula is C22H14BrCl3N2O. The first-order valence-corrected chi connectivity index (χ1v) is 10.9. The molecule has 7 heteroatoms. The van der Waals surface area contributed by atoms with Crippen molar-refractivity contribution < 1.29 is 4.74 Å². The van der Waals surface area contributed by atoms with Gasteiger partial charge in [-0.2, -0.15) is 5.10 Å². The number of fused-ring (bicyclic) bond motifs is 3. The molecule has 0 aliphatic carbocycles. The largest absolute Gasteiger partial charge is 0.463 e. The van der Waals surface area contributed by atoms with Crippen LogP contribution in [0.2, 0.25) is 15.1 Å². The molecule has 0 amide bonds. The number of nitrogens with zero attached hydrogens (tertiary/aromatic N) is 2. The number of hydrogen-bond donors (Lipinski definition) is 0. The van der Waals surface area contributed by atoms with Gasteiger partial charge in [-0.05, 0) is 42.0 Å². The highest BCUT2D eigenvalue weighted by molar-refractivity contribution is 9.10. The van der Waals surface area contributed by atoms with Crippen LogP contribution >= 0.6 is 50.7 Å². The normalized spacial score (nSPS) is 20.0. The minimum absolute atomic E-state index is 0.0300. The maximum atomic E-state index is 6.50. The van der Waals surface area contributed by atoms with E-state index < -0.39 is 6.23 Å². The van der Waals surface area contributed by atoms with Crippen molar-refractivity contribution in [2.24, 2.45) is 5.10 Å². The lowest BCUT2D eigenvalue weighted by Gasteiger charge is -2.38. The molecule has 29 heavy (non-hydrogen) atoms. The first-order chi connectivity index (χ1) is 14.0. The summed E-state index contributed by atoms with van der Waals surface area (Å²) in [5.41, 5.74) is 3.92. The molecular weight excluding hydrogens is 495 g/mol. The third-order valence-corrected chi connectivity index (χ3v) is 6.38. The van der Waals surface area contributed by atoms with Gasteiger partial charge in [0.15, 0.2) is 0 Å². The minimum atomic E-state index is -0.433. The van der Waals surface area contributed by atoms with Crippen molar-refractivity contribution in [1.29, 1.82) is 0 Å². The molecule has 2 aliphatic heterocycles. The van der Waals surface area contributed by atoms with Gasteiger partial charge < -0.3 is 4.74 Å². The lowest BCUT2D eigenvalue weighted by molar-refractivity contribution is -0.0189. The van der Waals surface area contributed by atoms with Crippen LogP contribution in [0.3, 0.4) is 0 Å². The summed E-state index contributed by atoms with van der Waals surface area (Å²) in [6, 6.07) is 19.4. The fourth-order valence-electron chi connectivity index (χ4n) is 3.81. The van der Waals surface area contributed by atoms with Gasteiger partial charge in [-0.15, -0.1) is 0 Å². The predicted molar refractivity (Wildman–Crippen MR) is 121 cm³/mol. The van der Waals surface area contributed by atoms with Crippen LogP contribution < -0.4 is 4.74 Å². The van der Waals surface area contributed by atoms with Crippen molar-refractivity contribution in [3.63, 3.8) is 0 Å². The summed E-state index contributed by atoms with van der Waals surface area (Å²) >= 11 is 22.5. The van der Waals surface area contributed by atoms with Crippen LogP contribution in [0.1, 0.15) is 35.4 Å². The van der Waals surface area contributed by atoms with Crippen molar-refractivity contribution in [3.05, 3.63) is 96.9 Å². The summed E-state index contributed by atoms with van der Waals surface area (Å²) < 4.78 is 7.37. The zero-order valence-corrected chi connectivity index (χ0v) is 18.8. The monoisotopic (exact) mass is 506 g/mol. The van der Waals surface area contributed by atoms with Crippen LogP contribution in [0.5, 0.6) is 5.75 Å². The highest BCUT2D eigenvalue weighted by Crippen LogP contribution is 2.50. The summed E-state index contributed by atoms with van der Waals surface area (Å²) in [6.07, 6.45) is 0.295. The summed E-state index contributed by atoms with van der Waals surface area (Å²) in [5, 5.41) is 8.64. The van der Waals surface area contributed by atoms with E-state index in [1.165, 1.54) is 0 Å². The van der Waals surface area contributed by atoms with Gasteiger partial charge >= 0.3 is 0 Å². The Hall–Kier alpha value is -1.72. The quantitative estimate of drug-likeness (QED) is 0.355. The summed E-state index contributed by atoms with van der Waals surface area (Å²) in [4.78, 5) is 0. The molecule has 0 bridgehead atoms. The molecule has 0 radical (unpaired) electrons. The molecule has 3 nitrogen and oxygen atoms in total. The van der Waals surface area contributed by atoms with Crippen LogP contribution in [-0.2, 0) is 0 Å². The van der Waals surface area contributed by atoms with Crippen LogP contribution in [0.25, 0.3) is 0 Å². The van der Waals surface area contributed by atoms with Gasteiger partial charge in [0, 0.05) is 32.1 Å². The number of hydrogen-bond acceptors (Lipinski definition) is 3. The lowest BCUT2D eigenvalue weighted by Crippen LogP contribution is -2.33. The second-order valence-corrected chi connectivity index (χ2v) is 9.18. The van der Waals surface area contributed by atoms with E-state index in [4.69, 9.17) is 44.6 Å². The molecule has 0 fully saturated rings. The molecule has 0 N–H and O–H groups in total.